The lowest BCUT2D eigenvalue weighted by molar-refractivity contribution is 0.677. The van der Waals surface area contributed by atoms with Crippen molar-refractivity contribution in [2.24, 2.45) is 7.05 Å². The summed E-state index contributed by atoms with van der Waals surface area (Å²) in [7, 11) is 1.92. The molecule has 0 spiro atoms. The fourth-order valence-electron chi connectivity index (χ4n) is 1.77. The Labute approximate surface area is 87.7 Å². The quantitative estimate of drug-likeness (QED) is 0.736. The Kier molecular flexibility index (Phi) is 1.68. The summed E-state index contributed by atoms with van der Waals surface area (Å²) in [6.45, 7) is 1.97. The van der Waals surface area contributed by atoms with Gasteiger partial charge in [0, 0.05) is 19.0 Å². The van der Waals surface area contributed by atoms with Crippen LogP contribution in [0, 0.1) is 6.92 Å². The molecule has 0 radical (unpaired) electrons. The van der Waals surface area contributed by atoms with Crippen LogP contribution >= 0.6 is 0 Å². The van der Waals surface area contributed by atoms with Crippen molar-refractivity contribution in [3.63, 3.8) is 0 Å². The van der Waals surface area contributed by atoms with Gasteiger partial charge >= 0.3 is 0 Å². The van der Waals surface area contributed by atoms with Gasteiger partial charge in [-0.1, -0.05) is 5.21 Å². The molecular weight excluding hydrogens is 190 g/mol. The molecule has 2 heterocycles. The van der Waals surface area contributed by atoms with Crippen molar-refractivity contribution in [1.82, 2.24) is 24.8 Å². The van der Waals surface area contributed by atoms with E-state index in [1.165, 1.54) is 12.8 Å². The molecule has 0 atom stereocenters. The minimum Gasteiger partial charge on any atom is -0.251 e. The van der Waals surface area contributed by atoms with Crippen LogP contribution in [0.5, 0.6) is 0 Å². The minimum atomic E-state index is 0.646. The van der Waals surface area contributed by atoms with Gasteiger partial charge < -0.3 is 0 Å². The predicted molar refractivity (Wildman–Crippen MR) is 54.8 cm³/mol. The lowest BCUT2D eigenvalue weighted by Crippen LogP contribution is -2.03. The molecule has 2 aromatic rings. The summed E-state index contributed by atoms with van der Waals surface area (Å²) in [6, 6.07) is 2.01. The minimum absolute atomic E-state index is 0.646. The molecule has 0 bridgehead atoms. The molecule has 0 aliphatic heterocycles. The second kappa shape index (κ2) is 2.92. The summed E-state index contributed by atoms with van der Waals surface area (Å²) >= 11 is 0. The zero-order valence-corrected chi connectivity index (χ0v) is 8.88. The van der Waals surface area contributed by atoms with Gasteiger partial charge in [0.25, 0.3) is 0 Å². The Morgan fingerprint density at radius 3 is 2.80 bits per heavy atom. The van der Waals surface area contributed by atoms with Gasteiger partial charge in [0.2, 0.25) is 0 Å². The zero-order chi connectivity index (χ0) is 10.4. The maximum absolute atomic E-state index is 4.29. The van der Waals surface area contributed by atoms with E-state index in [9.17, 15) is 0 Å². The fraction of sp³-hybridized carbons (Fsp3) is 0.500. The van der Waals surface area contributed by atoms with Crippen LogP contribution < -0.4 is 0 Å². The highest BCUT2D eigenvalue weighted by Gasteiger charge is 2.26. The molecule has 5 nitrogen and oxygen atoms in total. The van der Waals surface area contributed by atoms with Crippen LogP contribution in [-0.2, 0) is 7.05 Å². The number of hydrogen-bond acceptors (Lipinski definition) is 3. The average Bonchev–Trinajstić information content (AvgIpc) is 2.83. The van der Waals surface area contributed by atoms with Gasteiger partial charge in [0.15, 0.2) is 5.82 Å². The second-order valence-corrected chi connectivity index (χ2v) is 4.13. The van der Waals surface area contributed by atoms with Gasteiger partial charge in [-0.25, -0.2) is 4.68 Å². The third-order valence-electron chi connectivity index (χ3n) is 2.72. The Morgan fingerprint density at radius 1 is 1.40 bits per heavy atom. The van der Waals surface area contributed by atoms with E-state index >= 15 is 0 Å². The van der Waals surface area contributed by atoms with E-state index in [1.807, 2.05) is 30.9 Å². The molecular formula is C10H13N5. The molecule has 3 rings (SSSR count). The monoisotopic (exact) mass is 203 g/mol. The third-order valence-corrected chi connectivity index (χ3v) is 2.72. The zero-order valence-electron chi connectivity index (χ0n) is 8.88. The molecule has 1 aliphatic rings. The van der Waals surface area contributed by atoms with Crippen LogP contribution in [-0.4, -0.2) is 24.8 Å². The molecule has 0 saturated heterocycles. The SMILES string of the molecule is Cc1cc(-n2cc(C3CC3)nn2)n(C)n1. The van der Waals surface area contributed by atoms with E-state index in [4.69, 9.17) is 0 Å². The number of nitrogens with zero attached hydrogens (tertiary/aromatic N) is 5. The second-order valence-electron chi connectivity index (χ2n) is 4.13. The summed E-state index contributed by atoms with van der Waals surface area (Å²) in [4.78, 5) is 0. The standard InChI is InChI=1S/C10H13N5/c1-7-5-10(14(2)12-7)15-6-9(11-13-15)8-3-4-8/h5-6,8H,3-4H2,1-2H3. The molecule has 0 N–H and O–H groups in total. The van der Waals surface area contributed by atoms with Crippen LogP contribution in [0.4, 0.5) is 0 Å². The summed E-state index contributed by atoms with van der Waals surface area (Å²) < 4.78 is 3.62. The van der Waals surface area contributed by atoms with Gasteiger partial charge in [0.1, 0.15) is 0 Å². The first-order chi connectivity index (χ1) is 7.24. The lowest BCUT2D eigenvalue weighted by Gasteiger charge is -1.98. The first-order valence-electron chi connectivity index (χ1n) is 5.17. The molecule has 1 fully saturated rings. The normalized spacial score (nSPS) is 15.9. The van der Waals surface area contributed by atoms with Crippen molar-refractivity contribution in [3.8, 4) is 5.82 Å². The van der Waals surface area contributed by atoms with Crippen LogP contribution in [0.2, 0.25) is 0 Å². The van der Waals surface area contributed by atoms with E-state index in [1.54, 1.807) is 4.68 Å². The summed E-state index contributed by atoms with van der Waals surface area (Å²) in [5.41, 5.74) is 2.10. The molecule has 5 heteroatoms. The number of aryl methyl sites for hydroxylation is 2. The van der Waals surface area contributed by atoms with Crippen molar-refractivity contribution >= 4 is 0 Å². The summed E-state index contributed by atoms with van der Waals surface area (Å²) in [6.07, 6.45) is 4.51. The average molecular weight is 203 g/mol. The highest BCUT2D eigenvalue weighted by molar-refractivity contribution is 5.25. The van der Waals surface area contributed by atoms with Gasteiger partial charge in [-0.15, -0.1) is 5.10 Å². The van der Waals surface area contributed by atoms with Gasteiger partial charge in [-0.05, 0) is 19.8 Å². The van der Waals surface area contributed by atoms with Crippen LogP contribution in [0.3, 0.4) is 0 Å². The Balaban J connectivity index is 2.00. The van der Waals surface area contributed by atoms with Crippen molar-refractivity contribution < 1.29 is 0 Å². The maximum Gasteiger partial charge on any atom is 0.153 e. The molecule has 0 unspecified atom stereocenters. The molecule has 1 aliphatic carbocycles. The van der Waals surface area contributed by atoms with E-state index in [0.717, 1.165) is 17.2 Å². The Hall–Kier alpha value is -1.65. The van der Waals surface area contributed by atoms with Crippen LogP contribution in [0.15, 0.2) is 12.3 Å². The molecule has 78 valence electrons. The van der Waals surface area contributed by atoms with E-state index in [2.05, 4.69) is 15.4 Å². The topological polar surface area (TPSA) is 48.5 Å². The lowest BCUT2D eigenvalue weighted by atomic mass is 10.3. The number of aromatic nitrogens is 5. The number of hydrogen-bond donors (Lipinski definition) is 0. The van der Waals surface area contributed by atoms with Crippen molar-refractivity contribution in [3.05, 3.63) is 23.7 Å². The van der Waals surface area contributed by atoms with Crippen molar-refractivity contribution in [1.29, 1.82) is 0 Å². The highest BCUT2D eigenvalue weighted by Crippen LogP contribution is 2.38. The van der Waals surface area contributed by atoms with Gasteiger partial charge in [-0.3, -0.25) is 4.68 Å². The van der Waals surface area contributed by atoms with E-state index in [-0.39, 0.29) is 0 Å². The fourth-order valence-corrected chi connectivity index (χ4v) is 1.77. The van der Waals surface area contributed by atoms with Crippen molar-refractivity contribution in [2.45, 2.75) is 25.7 Å². The predicted octanol–water partition coefficient (Wildman–Crippen LogP) is 1.19. The summed E-state index contributed by atoms with van der Waals surface area (Å²) in [5.74, 6) is 1.61. The Bertz CT molecular complexity index is 492. The van der Waals surface area contributed by atoms with Crippen molar-refractivity contribution in [2.75, 3.05) is 0 Å². The highest BCUT2D eigenvalue weighted by atomic mass is 15.5. The van der Waals surface area contributed by atoms with Crippen LogP contribution in [0.25, 0.3) is 5.82 Å². The van der Waals surface area contributed by atoms with Gasteiger partial charge in [0.05, 0.1) is 17.6 Å². The molecule has 1 saturated carbocycles. The maximum atomic E-state index is 4.29. The Morgan fingerprint density at radius 2 is 2.20 bits per heavy atom. The number of rotatable bonds is 2. The van der Waals surface area contributed by atoms with E-state index < -0.39 is 0 Å². The molecule has 15 heavy (non-hydrogen) atoms. The first kappa shape index (κ1) is 8.64. The molecule has 0 aromatic carbocycles. The third kappa shape index (κ3) is 1.44. The van der Waals surface area contributed by atoms with E-state index in [0.29, 0.717) is 5.92 Å². The van der Waals surface area contributed by atoms with Crippen LogP contribution in [0.1, 0.15) is 30.1 Å². The smallest absolute Gasteiger partial charge is 0.153 e. The summed E-state index contributed by atoms with van der Waals surface area (Å²) in [5, 5.41) is 12.6. The molecule has 2 aromatic heterocycles. The largest absolute Gasteiger partial charge is 0.251 e. The van der Waals surface area contributed by atoms with Gasteiger partial charge in [-0.2, -0.15) is 5.10 Å². The molecule has 0 amide bonds. The first-order valence-corrected chi connectivity index (χ1v) is 5.17.